The number of hydrogen-bond donors (Lipinski definition) is 8. The number of aliphatic hydroxyl groups is 4. The highest BCUT2D eigenvalue weighted by atomic mass is 16.6. The van der Waals surface area contributed by atoms with Crippen LogP contribution in [-0.4, -0.2) is 82.5 Å². The monoisotopic (exact) mass is 525 g/mol. The van der Waals surface area contributed by atoms with Crippen LogP contribution in [0.5, 0.6) is 0 Å². The number of fused-ring (bicyclic) bond motifs is 3. The zero-order valence-electron chi connectivity index (χ0n) is 21.0. The lowest BCUT2D eigenvalue weighted by Crippen LogP contribution is -2.55. The Morgan fingerprint density at radius 3 is 2.30 bits per heavy atom. The number of amides is 1. The van der Waals surface area contributed by atoms with Gasteiger partial charge in [0.2, 0.25) is 17.8 Å². The number of carbonyl (C=O) groups excluding carboxylic acids is 2. The van der Waals surface area contributed by atoms with Crippen LogP contribution >= 0.6 is 0 Å². The average Bonchev–Trinajstić information content (AvgIpc) is 3.35. The fourth-order valence-corrected chi connectivity index (χ4v) is 5.03. The van der Waals surface area contributed by atoms with Gasteiger partial charge < -0.3 is 48.1 Å². The summed E-state index contributed by atoms with van der Waals surface area (Å²) in [5.41, 5.74) is 22.3. The maximum atomic E-state index is 13.6. The molecule has 13 nitrogen and oxygen atoms in total. The van der Waals surface area contributed by atoms with Gasteiger partial charge in [-0.1, -0.05) is 6.42 Å². The number of nitrogens with two attached hydrogens (primary N) is 4. The van der Waals surface area contributed by atoms with Crippen molar-refractivity contribution in [3.8, 4) is 0 Å². The van der Waals surface area contributed by atoms with Gasteiger partial charge in [0.15, 0.2) is 6.23 Å². The van der Waals surface area contributed by atoms with Crippen LogP contribution in [0.25, 0.3) is 0 Å². The topological polar surface area (TPSA) is 235 Å². The Bertz CT molecular complexity index is 966. The molecule has 0 aromatic carbocycles. The second-order valence-corrected chi connectivity index (χ2v) is 9.83. The summed E-state index contributed by atoms with van der Waals surface area (Å²) in [5, 5.41) is 41.4. The van der Waals surface area contributed by atoms with E-state index in [4.69, 9.17) is 27.7 Å². The Labute approximate surface area is 216 Å². The van der Waals surface area contributed by atoms with Crippen LogP contribution in [0.1, 0.15) is 61.0 Å². The lowest BCUT2D eigenvalue weighted by molar-refractivity contribution is -0.585. The van der Waals surface area contributed by atoms with Crippen LogP contribution in [0.4, 0.5) is 5.69 Å². The predicted octanol–water partition coefficient (Wildman–Crippen LogP) is -2.98. The number of anilines is 1. The van der Waals surface area contributed by atoms with Crippen molar-refractivity contribution in [3.63, 3.8) is 0 Å². The van der Waals surface area contributed by atoms with E-state index in [1.807, 2.05) is 0 Å². The maximum absolute atomic E-state index is 13.6. The molecule has 1 aromatic rings. The Morgan fingerprint density at radius 2 is 1.73 bits per heavy atom. The Kier molecular flexibility index (Phi) is 10.1. The molecule has 1 amide bonds. The number of aromatic nitrogens is 1. The molecule has 2 aliphatic heterocycles. The van der Waals surface area contributed by atoms with Crippen LogP contribution in [0.3, 0.4) is 0 Å². The van der Waals surface area contributed by atoms with Gasteiger partial charge in [-0.2, -0.15) is 0 Å². The first kappa shape index (κ1) is 29.5. The van der Waals surface area contributed by atoms with E-state index >= 15 is 0 Å². The minimum atomic E-state index is -1.77. The van der Waals surface area contributed by atoms with Crippen LogP contribution in [0.2, 0.25) is 0 Å². The third-order valence-corrected chi connectivity index (χ3v) is 7.16. The Balaban J connectivity index is 2.04. The zero-order chi connectivity index (χ0) is 27.3. The van der Waals surface area contributed by atoms with Gasteiger partial charge in [-0.3, -0.25) is 9.69 Å². The van der Waals surface area contributed by atoms with Crippen molar-refractivity contribution in [2.24, 2.45) is 22.9 Å². The lowest BCUT2D eigenvalue weighted by Gasteiger charge is -2.29. The minimum absolute atomic E-state index is 0.125. The first-order valence-corrected chi connectivity index (χ1v) is 12.8. The van der Waals surface area contributed by atoms with Crippen LogP contribution in [0, 0.1) is 0 Å². The van der Waals surface area contributed by atoms with Gasteiger partial charge in [-0.15, -0.1) is 4.57 Å². The van der Waals surface area contributed by atoms with Crippen LogP contribution in [0.15, 0.2) is 12.3 Å². The van der Waals surface area contributed by atoms with Gasteiger partial charge in [0.25, 0.3) is 0 Å². The van der Waals surface area contributed by atoms with Crippen molar-refractivity contribution in [1.29, 1.82) is 0 Å². The summed E-state index contributed by atoms with van der Waals surface area (Å²) in [6.45, 7) is -0.202. The highest BCUT2D eigenvalue weighted by Gasteiger charge is 2.61. The average molecular weight is 526 g/mol. The highest BCUT2D eigenvalue weighted by Crippen LogP contribution is 2.52. The van der Waals surface area contributed by atoms with E-state index in [9.17, 15) is 30.0 Å². The van der Waals surface area contributed by atoms with Crippen LogP contribution in [-0.2, 0) is 21.7 Å². The summed E-state index contributed by atoms with van der Waals surface area (Å²) in [5.74, 6) is -1.02. The van der Waals surface area contributed by atoms with Gasteiger partial charge in [0, 0.05) is 18.1 Å². The summed E-state index contributed by atoms with van der Waals surface area (Å²) in [7, 11) is 0. The molecule has 6 atom stereocenters. The van der Waals surface area contributed by atoms with E-state index in [2.05, 4.69) is 0 Å². The Morgan fingerprint density at radius 1 is 1.11 bits per heavy atom. The Hall–Kier alpha value is -2.07. The maximum Gasteiger partial charge on any atom is 0.409 e. The van der Waals surface area contributed by atoms with Gasteiger partial charge in [-0.25, -0.2) is 4.79 Å². The molecule has 3 rings (SSSR count). The second kappa shape index (κ2) is 12.7. The largest absolute Gasteiger partial charge is 0.409 e. The summed E-state index contributed by atoms with van der Waals surface area (Å²) >= 11 is 0. The predicted molar refractivity (Wildman–Crippen MR) is 133 cm³/mol. The summed E-state index contributed by atoms with van der Waals surface area (Å²) in [6.07, 6.45) is 1.13. The standard InChI is InChI=1S/C24H41N6O7/c25-7-3-1-5-16(27)21(34)29-11-18-15(9-14(29)12-31)24(36)10-20(19(33)13-32)37-23(24)30(18)22(35)17(28)6-2-4-8-26/h9,11,16-17,19-20,23,31-33,36H,1-8,10,12-13,25-28H2/q+1/t16-,17-,19?,20?,23?,24?/m0/s1. The van der Waals surface area contributed by atoms with E-state index in [1.165, 1.54) is 21.7 Å². The molecule has 0 aliphatic carbocycles. The van der Waals surface area contributed by atoms with E-state index in [0.29, 0.717) is 51.6 Å². The van der Waals surface area contributed by atoms with Crippen molar-refractivity contribution in [2.45, 2.75) is 87.7 Å². The van der Waals surface area contributed by atoms with Crippen molar-refractivity contribution in [3.05, 3.63) is 23.5 Å². The van der Waals surface area contributed by atoms with Crippen molar-refractivity contribution in [2.75, 3.05) is 24.6 Å². The van der Waals surface area contributed by atoms with E-state index in [0.717, 1.165) is 0 Å². The number of ether oxygens (including phenoxy) is 1. The lowest BCUT2D eigenvalue weighted by atomic mass is 9.90. The fraction of sp³-hybridized carbons (Fsp3) is 0.708. The molecule has 0 saturated carbocycles. The van der Waals surface area contributed by atoms with E-state index in [1.54, 1.807) is 0 Å². The number of rotatable bonds is 13. The van der Waals surface area contributed by atoms with Crippen molar-refractivity contribution in [1.82, 2.24) is 0 Å². The molecule has 13 heteroatoms. The van der Waals surface area contributed by atoms with Gasteiger partial charge >= 0.3 is 5.91 Å². The number of aliphatic hydroxyl groups excluding tert-OH is 3. The van der Waals surface area contributed by atoms with E-state index < -0.39 is 61.1 Å². The number of hydrogen-bond acceptors (Lipinski definition) is 11. The first-order chi connectivity index (χ1) is 17.6. The molecular formula is C24H41N6O7+. The minimum Gasteiger partial charge on any atom is -0.394 e. The van der Waals surface area contributed by atoms with Gasteiger partial charge in [0.1, 0.15) is 30.0 Å². The molecule has 0 radical (unpaired) electrons. The number of nitrogens with zero attached hydrogens (tertiary/aromatic N) is 2. The molecular weight excluding hydrogens is 484 g/mol. The quantitative estimate of drug-likeness (QED) is 0.0955. The summed E-state index contributed by atoms with van der Waals surface area (Å²) in [6, 6.07) is -0.365. The molecule has 0 bridgehead atoms. The molecule has 12 N–H and O–H groups in total. The fourth-order valence-electron chi connectivity index (χ4n) is 5.03. The molecule has 1 saturated heterocycles. The van der Waals surface area contributed by atoms with E-state index in [-0.39, 0.29) is 23.4 Å². The van der Waals surface area contributed by atoms with Crippen LogP contribution < -0.4 is 32.4 Å². The van der Waals surface area contributed by atoms with Gasteiger partial charge in [-0.05, 0) is 45.2 Å². The molecule has 1 aromatic heterocycles. The normalized spacial score (nSPS) is 25.0. The van der Waals surface area contributed by atoms with Crippen molar-refractivity contribution >= 4 is 17.5 Å². The van der Waals surface area contributed by atoms with Gasteiger partial charge in [0.05, 0.1) is 18.8 Å². The molecule has 4 unspecified atom stereocenters. The molecule has 3 heterocycles. The third kappa shape index (κ3) is 5.85. The second-order valence-electron chi connectivity index (χ2n) is 9.83. The molecule has 0 spiro atoms. The highest BCUT2D eigenvalue weighted by molar-refractivity contribution is 6.00. The summed E-state index contributed by atoms with van der Waals surface area (Å²) < 4.78 is 7.09. The SMILES string of the molecule is NCCCC[C@H](N)C(=O)N1c2c[n+](C(=O)[C@@H](N)CCCCN)c(CO)cc2C2(O)CC(C(O)CO)OC12. The smallest absolute Gasteiger partial charge is 0.394 e. The zero-order valence-corrected chi connectivity index (χ0v) is 21.0. The molecule has 37 heavy (non-hydrogen) atoms. The third-order valence-electron chi connectivity index (χ3n) is 7.16. The molecule has 1 fully saturated rings. The molecule has 208 valence electrons. The number of carbonyl (C=O) groups is 2. The number of unbranched alkanes of at least 4 members (excludes halogenated alkanes) is 2. The van der Waals surface area contributed by atoms with Crippen molar-refractivity contribution < 1.29 is 39.3 Å². The summed E-state index contributed by atoms with van der Waals surface area (Å²) in [4.78, 5) is 28.0. The number of pyridine rings is 1. The molecule has 2 aliphatic rings. The first-order valence-electron chi connectivity index (χ1n) is 12.8.